The van der Waals surface area contributed by atoms with E-state index in [-0.39, 0.29) is 0 Å². The number of hydrogen-bond donors (Lipinski definition) is 1. The Kier molecular flexibility index (Phi) is 3.90. The van der Waals surface area contributed by atoms with Crippen molar-refractivity contribution in [3.63, 3.8) is 0 Å². The van der Waals surface area contributed by atoms with Crippen LogP contribution in [0.3, 0.4) is 0 Å². The maximum atomic E-state index is 5.24. The van der Waals surface area contributed by atoms with Crippen molar-refractivity contribution in [2.24, 2.45) is 5.92 Å². The van der Waals surface area contributed by atoms with E-state index in [0.717, 1.165) is 24.7 Å². The Morgan fingerprint density at radius 3 is 3.19 bits per heavy atom. The first kappa shape index (κ1) is 11.5. The van der Waals surface area contributed by atoms with Crippen LogP contribution in [0.2, 0.25) is 0 Å². The molecule has 1 aliphatic heterocycles. The zero-order chi connectivity index (χ0) is 11.4. The molecule has 1 atom stereocenters. The van der Waals surface area contributed by atoms with Gasteiger partial charge in [-0.15, -0.1) is 0 Å². The first-order chi connectivity index (χ1) is 7.78. The third kappa shape index (κ3) is 3.02. The van der Waals surface area contributed by atoms with Crippen molar-refractivity contribution in [2.45, 2.75) is 25.8 Å². The Morgan fingerprint density at radius 1 is 1.56 bits per heavy atom. The van der Waals surface area contributed by atoms with Crippen LogP contribution in [-0.2, 0) is 13.0 Å². The van der Waals surface area contributed by atoms with E-state index in [1.165, 1.54) is 19.4 Å². The molecule has 0 aliphatic carbocycles. The predicted molar refractivity (Wildman–Crippen MR) is 61.0 cm³/mol. The second kappa shape index (κ2) is 5.41. The average molecular weight is 224 g/mol. The van der Waals surface area contributed by atoms with E-state index in [9.17, 15) is 0 Å². The number of hydrogen-bond acceptors (Lipinski definition) is 5. The lowest BCUT2D eigenvalue weighted by Crippen LogP contribution is -2.33. The molecule has 90 valence electrons. The summed E-state index contributed by atoms with van der Waals surface area (Å²) in [6.45, 7) is 3.03. The van der Waals surface area contributed by atoms with Crippen LogP contribution in [0.25, 0.3) is 0 Å². The second-order valence-corrected chi connectivity index (χ2v) is 4.61. The zero-order valence-electron chi connectivity index (χ0n) is 10.1. The van der Waals surface area contributed by atoms with Crippen LogP contribution < -0.4 is 5.32 Å². The summed E-state index contributed by atoms with van der Waals surface area (Å²) < 4.78 is 5.24. The van der Waals surface area contributed by atoms with Crippen molar-refractivity contribution in [2.75, 3.05) is 27.2 Å². The van der Waals surface area contributed by atoms with Gasteiger partial charge in [0.25, 0.3) is 0 Å². The number of rotatable bonds is 4. The average Bonchev–Trinajstić information content (AvgIpc) is 2.66. The van der Waals surface area contributed by atoms with Crippen LogP contribution in [0.1, 0.15) is 24.6 Å². The molecule has 5 nitrogen and oxygen atoms in total. The summed E-state index contributed by atoms with van der Waals surface area (Å²) in [6.07, 6.45) is 3.47. The normalized spacial score (nSPS) is 22.5. The molecular formula is C11H20N4O. The fraction of sp³-hybridized carbons (Fsp3) is 0.818. The van der Waals surface area contributed by atoms with Gasteiger partial charge in [-0.25, -0.2) is 0 Å². The van der Waals surface area contributed by atoms with Crippen molar-refractivity contribution in [1.82, 2.24) is 20.4 Å². The van der Waals surface area contributed by atoms with Gasteiger partial charge in [-0.2, -0.15) is 4.98 Å². The van der Waals surface area contributed by atoms with E-state index >= 15 is 0 Å². The summed E-state index contributed by atoms with van der Waals surface area (Å²) in [4.78, 5) is 6.73. The largest absolute Gasteiger partial charge is 0.339 e. The van der Waals surface area contributed by atoms with Gasteiger partial charge in [-0.1, -0.05) is 5.16 Å². The quantitative estimate of drug-likeness (QED) is 0.815. The van der Waals surface area contributed by atoms with E-state index in [2.05, 4.69) is 27.4 Å². The Labute approximate surface area is 96.2 Å². The zero-order valence-corrected chi connectivity index (χ0v) is 10.1. The van der Waals surface area contributed by atoms with Crippen molar-refractivity contribution in [3.8, 4) is 0 Å². The minimum absolute atomic E-state index is 0.668. The predicted octanol–water partition coefficient (Wildman–Crippen LogP) is 0.673. The van der Waals surface area contributed by atoms with Gasteiger partial charge in [-0.05, 0) is 39.4 Å². The molecule has 1 aromatic heterocycles. The summed E-state index contributed by atoms with van der Waals surface area (Å²) in [5, 5.41) is 6.94. The lowest BCUT2D eigenvalue weighted by atomic mass is 9.95. The maximum absolute atomic E-state index is 5.24. The molecule has 0 spiro atoms. The van der Waals surface area contributed by atoms with Crippen molar-refractivity contribution < 1.29 is 4.52 Å². The molecule has 1 aromatic rings. The molecule has 1 fully saturated rings. The van der Waals surface area contributed by atoms with Crippen LogP contribution in [-0.4, -0.2) is 42.2 Å². The van der Waals surface area contributed by atoms with E-state index in [1.54, 1.807) is 0 Å². The van der Waals surface area contributed by atoms with Gasteiger partial charge in [-0.3, -0.25) is 0 Å². The number of aromatic nitrogens is 2. The van der Waals surface area contributed by atoms with Gasteiger partial charge >= 0.3 is 0 Å². The Balaban J connectivity index is 1.87. The topological polar surface area (TPSA) is 54.2 Å². The highest BCUT2D eigenvalue weighted by Crippen LogP contribution is 2.18. The third-order valence-electron chi connectivity index (χ3n) is 3.03. The molecule has 1 aliphatic rings. The summed E-state index contributed by atoms with van der Waals surface area (Å²) in [7, 11) is 4.05. The van der Waals surface area contributed by atoms with E-state index in [0.29, 0.717) is 12.5 Å². The van der Waals surface area contributed by atoms with Gasteiger partial charge in [0.1, 0.15) is 0 Å². The number of piperidine rings is 1. The number of nitrogens with one attached hydrogen (secondary N) is 1. The summed E-state index contributed by atoms with van der Waals surface area (Å²) in [5.41, 5.74) is 0. The van der Waals surface area contributed by atoms with E-state index in [1.807, 2.05) is 7.05 Å². The monoisotopic (exact) mass is 224 g/mol. The smallest absolute Gasteiger partial charge is 0.227 e. The fourth-order valence-electron chi connectivity index (χ4n) is 2.29. The molecule has 5 heteroatoms. The van der Waals surface area contributed by atoms with Crippen LogP contribution in [0, 0.1) is 5.92 Å². The first-order valence-electron chi connectivity index (χ1n) is 5.92. The fourth-order valence-corrected chi connectivity index (χ4v) is 2.29. The molecule has 0 saturated carbocycles. The van der Waals surface area contributed by atoms with Gasteiger partial charge in [0.05, 0.1) is 6.54 Å². The van der Waals surface area contributed by atoms with Crippen LogP contribution in [0.15, 0.2) is 4.52 Å². The standard InChI is InChI=1S/C11H20N4O/c1-12-7-10-13-11(16-14-10)6-9-4-3-5-15(2)8-9/h9,12H,3-8H2,1-2H3. The lowest BCUT2D eigenvalue weighted by Gasteiger charge is -2.28. The number of nitrogens with zero attached hydrogens (tertiary/aromatic N) is 3. The summed E-state index contributed by atoms with van der Waals surface area (Å²) in [6, 6.07) is 0. The Bertz CT molecular complexity index is 326. The highest BCUT2D eigenvalue weighted by Gasteiger charge is 2.20. The molecule has 2 rings (SSSR count). The van der Waals surface area contributed by atoms with E-state index < -0.39 is 0 Å². The second-order valence-electron chi connectivity index (χ2n) is 4.61. The molecule has 1 N–H and O–H groups in total. The highest BCUT2D eigenvalue weighted by atomic mass is 16.5. The van der Waals surface area contributed by atoms with Crippen molar-refractivity contribution in [1.29, 1.82) is 0 Å². The van der Waals surface area contributed by atoms with Crippen molar-refractivity contribution >= 4 is 0 Å². The molecule has 1 unspecified atom stereocenters. The molecule has 0 bridgehead atoms. The molecule has 0 radical (unpaired) electrons. The lowest BCUT2D eigenvalue weighted by molar-refractivity contribution is 0.199. The summed E-state index contributed by atoms with van der Waals surface area (Å²) >= 11 is 0. The van der Waals surface area contributed by atoms with Crippen LogP contribution >= 0.6 is 0 Å². The maximum Gasteiger partial charge on any atom is 0.227 e. The minimum atomic E-state index is 0.668. The van der Waals surface area contributed by atoms with Gasteiger partial charge in [0.15, 0.2) is 5.82 Å². The molecule has 0 aromatic carbocycles. The van der Waals surface area contributed by atoms with Gasteiger partial charge in [0.2, 0.25) is 5.89 Å². The molecule has 2 heterocycles. The minimum Gasteiger partial charge on any atom is -0.339 e. The SMILES string of the molecule is CNCc1noc(CC2CCCN(C)C2)n1. The first-order valence-corrected chi connectivity index (χ1v) is 5.92. The Morgan fingerprint density at radius 2 is 2.44 bits per heavy atom. The van der Waals surface area contributed by atoms with Crippen LogP contribution in [0.4, 0.5) is 0 Å². The molecule has 1 saturated heterocycles. The summed E-state index contributed by atoms with van der Waals surface area (Å²) in [5.74, 6) is 2.20. The van der Waals surface area contributed by atoms with Gasteiger partial charge in [0, 0.05) is 13.0 Å². The number of likely N-dealkylation sites (tertiary alicyclic amines) is 1. The van der Waals surface area contributed by atoms with Gasteiger partial charge < -0.3 is 14.7 Å². The molecular weight excluding hydrogens is 204 g/mol. The van der Waals surface area contributed by atoms with Crippen LogP contribution in [0.5, 0.6) is 0 Å². The van der Waals surface area contributed by atoms with E-state index in [4.69, 9.17) is 4.52 Å². The Hall–Kier alpha value is -0.940. The third-order valence-corrected chi connectivity index (χ3v) is 3.03. The molecule has 16 heavy (non-hydrogen) atoms. The highest BCUT2D eigenvalue weighted by molar-refractivity contribution is 4.88. The van der Waals surface area contributed by atoms with Crippen molar-refractivity contribution in [3.05, 3.63) is 11.7 Å². The molecule has 0 amide bonds.